The third kappa shape index (κ3) is 4.43. The highest BCUT2D eigenvalue weighted by molar-refractivity contribution is 5.98. The fourth-order valence-electron chi connectivity index (χ4n) is 1.71. The van der Waals surface area contributed by atoms with Gasteiger partial charge in [-0.15, -0.1) is 0 Å². The normalized spacial score (nSPS) is 10.4. The lowest BCUT2D eigenvalue weighted by atomic mass is 10.1. The molecule has 17 heavy (non-hydrogen) atoms. The van der Waals surface area contributed by atoms with E-state index in [4.69, 9.17) is 5.11 Å². The molecule has 0 amide bonds. The molecule has 0 aliphatic heterocycles. The van der Waals surface area contributed by atoms with Gasteiger partial charge >= 0.3 is 5.97 Å². The SMILES string of the molecule is CCCCCCCC(=O)c1c[nH]c(C(=O)O)c1. The van der Waals surface area contributed by atoms with Crippen molar-refractivity contribution >= 4 is 11.8 Å². The highest BCUT2D eigenvalue weighted by atomic mass is 16.4. The Bertz CT molecular complexity index is 382. The number of Topliss-reactive ketones (excluding diaryl/α,β-unsaturated/α-hetero) is 1. The van der Waals surface area contributed by atoms with Crippen LogP contribution in [0.15, 0.2) is 12.3 Å². The first-order valence-electron chi connectivity index (χ1n) is 6.10. The Morgan fingerprint density at radius 2 is 1.94 bits per heavy atom. The number of H-pyrrole nitrogens is 1. The zero-order chi connectivity index (χ0) is 12.7. The van der Waals surface area contributed by atoms with Crippen LogP contribution in [0.4, 0.5) is 0 Å². The topological polar surface area (TPSA) is 70.2 Å². The Kier molecular flexibility index (Phi) is 5.46. The zero-order valence-corrected chi connectivity index (χ0v) is 10.2. The summed E-state index contributed by atoms with van der Waals surface area (Å²) in [5.74, 6) is -1.02. The van der Waals surface area contributed by atoms with E-state index < -0.39 is 5.97 Å². The maximum atomic E-state index is 11.7. The van der Waals surface area contributed by atoms with Crippen molar-refractivity contribution in [1.29, 1.82) is 0 Å². The molecule has 0 radical (unpaired) electrons. The van der Waals surface area contributed by atoms with Crippen LogP contribution in [-0.2, 0) is 0 Å². The Balaban J connectivity index is 2.34. The monoisotopic (exact) mass is 237 g/mol. The van der Waals surface area contributed by atoms with Gasteiger partial charge in [0, 0.05) is 18.2 Å². The first-order chi connectivity index (χ1) is 8.15. The van der Waals surface area contributed by atoms with Gasteiger partial charge in [0.1, 0.15) is 5.69 Å². The van der Waals surface area contributed by atoms with Gasteiger partial charge in [0.2, 0.25) is 0 Å². The molecule has 4 nitrogen and oxygen atoms in total. The summed E-state index contributed by atoms with van der Waals surface area (Å²) >= 11 is 0. The molecule has 0 bridgehead atoms. The van der Waals surface area contributed by atoms with Gasteiger partial charge in [-0.3, -0.25) is 4.79 Å². The van der Waals surface area contributed by atoms with Crippen LogP contribution in [0.3, 0.4) is 0 Å². The summed E-state index contributed by atoms with van der Waals surface area (Å²) in [6.07, 6.45) is 7.48. The molecule has 1 aromatic heterocycles. The highest BCUT2D eigenvalue weighted by Gasteiger charge is 2.11. The van der Waals surface area contributed by atoms with Gasteiger partial charge < -0.3 is 10.1 Å². The van der Waals surface area contributed by atoms with Crippen LogP contribution in [0.5, 0.6) is 0 Å². The van der Waals surface area contributed by atoms with Crippen molar-refractivity contribution in [2.75, 3.05) is 0 Å². The molecule has 1 rings (SSSR count). The van der Waals surface area contributed by atoms with E-state index in [1.54, 1.807) is 0 Å². The molecule has 0 saturated heterocycles. The van der Waals surface area contributed by atoms with E-state index in [2.05, 4.69) is 11.9 Å². The van der Waals surface area contributed by atoms with Crippen molar-refractivity contribution in [2.45, 2.75) is 45.4 Å². The molecule has 1 heterocycles. The fraction of sp³-hybridized carbons (Fsp3) is 0.538. The van der Waals surface area contributed by atoms with Crippen molar-refractivity contribution in [3.8, 4) is 0 Å². The largest absolute Gasteiger partial charge is 0.477 e. The first-order valence-corrected chi connectivity index (χ1v) is 6.10. The third-order valence-electron chi connectivity index (χ3n) is 2.74. The van der Waals surface area contributed by atoms with E-state index in [-0.39, 0.29) is 11.5 Å². The first kappa shape index (κ1) is 13.5. The average molecular weight is 237 g/mol. The average Bonchev–Trinajstić information content (AvgIpc) is 2.78. The number of carboxylic acid groups (broad SMARTS) is 1. The number of hydrogen-bond acceptors (Lipinski definition) is 2. The molecule has 94 valence electrons. The predicted molar refractivity (Wildman–Crippen MR) is 65.5 cm³/mol. The van der Waals surface area contributed by atoms with Crippen LogP contribution in [0.1, 0.15) is 66.3 Å². The smallest absolute Gasteiger partial charge is 0.352 e. The van der Waals surface area contributed by atoms with Crippen LogP contribution in [0, 0.1) is 0 Å². The lowest BCUT2D eigenvalue weighted by Gasteiger charge is -1.98. The van der Waals surface area contributed by atoms with E-state index in [1.807, 2.05) is 0 Å². The number of carbonyl (C=O) groups excluding carboxylic acids is 1. The third-order valence-corrected chi connectivity index (χ3v) is 2.74. The van der Waals surface area contributed by atoms with Crippen molar-refractivity contribution in [3.63, 3.8) is 0 Å². The van der Waals surface area contributed by atoms with Crippen molar-refractivity contribution in [1.82, 2.24) is 4.98 Å². The molecule has 0 aliphatic carbocycles. The summed E-state index contributed by atoms with van der Waals surface area (Å²) in [5.41, 5.74) is 0.539. The van der Waals surface area contributed by atoms with Gasteiger partial charge in [0.15, 0.2) is 5.78 Å². The van der Waals surface area contributed by atoms with E-state index in [9.17, 15) is 9.59 Å². The van der Waals surface area contributed by atoms with Crippen LogP contribution in [0.25, 0.3) is 0 Å². The number of carboxylic acids is 1. The number of aromatic carboxylic acids is 1. The molecule has 0 fully saturated rings. The molecule has 0 spiro atoms. The van der Waals surface area contributed by atoms with E-state index >= 15 is 0 Å². The number of aromatic amines is 1. The second-order valence-corrected chi connectivity index (χ2v) is 4.19. The van der Waals surface area contributed by atoms with Gasteiger partial charge in [-0.1, -0.05) is 32.6 Å². The maximum absolute atomic E-state index is 11.7. The molecule has 0 aliphatic rings. The molecule has 2 N–H and O–H groups in total. The zero-order valence-electron chi connectivity index (χ0n) is 10.2. The van der Waals surface area contributed by atoms with Gasteiger partial charge in [-0.05, 0) is 12.5 Å². The summed E-state index contributed by atoms with van der Waals surface area (Å²) in [6.45, 7) is 2.15. The minimum Gasteiger partial charge on any atom is -0.477 e. The lowest BCUT2D eigenvalue weighted by Crippen LogP contribution is -1.98. The molecule has 1 aromatic rings. The minimum absolute atomic E-state index is 0.0187. The molecule has 0 aromatic carbocycles. The molecule has 4 heteroatoms. The molecule has 0 unspecified atom stereocenters. The summed E-state index contributed by atoms with van der Waals surface area (Å²) < 4.78 is 0. The summed E-state index contributed by atoms with van der Waals surface area (Å²) in [5, 5.41) is 8.71. The predicted octanol–water partition coefficient (Wildman–Crippen LogP) is 3.26. The number of ketones is 1. The fourth-order valence-corrected chi connectivity index (χ4v) is 1.71. The number of aromatic nitrogens is 1. The van der Waals surface area contributed by atoms with Crippen LogP contribution in [-0.4, -0.2) is 21.8 Å². The Hall–Kier alpha value is -1.58. The Morgan fingerprint density at radius 1 is 1.24 bits per heavy atom. The molecule has 0 saturated carbocycles. The van der Waals surface area contributed by atoms with E-state index in [1.165, 1.54) is 25.1 Å². The summed E-state index contributed by atoms with van der Waals surface area (Å²) in [4.78, 5) is 24.9. The number of unbranched alkanes of at least 4 members (excludes halogenated alkanes) is 4. The Morgan fingerprint density at radius 3 is 2.53 bits per heavy atom. The van der Waals surface area contributed by atoms with Crippen LogP contribution >= 0.6 is 0 Å². The highest BCUT2D eigenvalue weighted by Crippen LogP contribution is 2.11. The van der Waals surface area contributed by atoms with Gasteiger partial charge in [-0.2, -0.15) is 0 Å². The second kappa shape index (κ2) is 6.89. The Labute approximate surface area is 101 Å². The van der Waals surface area contributed by atoms with Gasteiger partial charge in [0.05, 0.1) is 0 Å². The van der Waals surface area contributed by atoms with Crippen LogP contribution < -0.4 is 0 Å². The van der Waals surface area contributed by atoms with Crippen molar-refractivity contribution < 1.29 is 14.7 Å². The summed E-state index contributed by atoms with van der Waals surface area (Å²) in [7, 11) is 0. The van der Waals surface area contributed by atoms with E-state index in [0.717, 1.165) is 19.3 Å². The molecular weight excluding hydrogens is 218 g/mol. The van der Waals surface area contributed by atoms with Crippen LogP contribution in [0.2, 0.25) is 0 Å². The quantitative estimate of drug-likeness (QED) is 0.538. The molecule has 0 atom stereocenters. The second-order valence-electron chi connectivity index (χ2n) is 4.19. The van der Waals surface area contributed by atoms with Crippen molar-refractivity contribution in [3.05, 3.63) is 23.5 Å². The van der Waals surface area contributed by atoms with Crippen molar-refractivity contribution in [2.24, 2.45) is 0 Å². The number of rotatable bonds is 8. The van der Waals surface area contributed by atoms with E-state index in [0.29, 0.717) is 12.0 Å². The minimum atomic E-state index is -1.04. The van der Waals surface area contributed by atoms with Gasteiger partial charge in [0.25, 0.3) is 0 Å². The van der Waals surface area contributed by atoms with Gasteiger partial charge in [-0.25, -0.2) is 4.79 Å². The summed E-state index contributed by atoms with van der Waals surface area (Å²) in [6, 6.07) is 1.40. The maximum Gasteiger partial charge on any atom is 0.352 e. The number of hydrogen-bond donors (Lipinski definition) is 2. The number of carbonyl (C=O) groups is 2. The molecular formula is C13H19NO3. The lowest BCUT2D eigenvalue weighted by molar-refractivity contribution is 0.0691. The standard InChI is InChI=1S/C13H19NO3/c1-2-3-4-5-6-7-12(15)10-8-11(13(16)17)14-9-10/h8-9,14H,2-7H2,1H3,(H,16,17). The number of nitrogens with one attached hydrogen (secondary N) is 1.